The lowest BCUT2D eigenvalue weighted by atomic mass is 10.1. The molecule has 0 aromatic heterocycles. The topological polar surface area (TPSA) is 32.3 Å². The third kappa shape index (κ3) is 3.01. The van der Waals surface area contributed by atoms with E-state index < -0.39 is 0 Å². The number of amides is 1. The Labute approximate surface area is 105 Å². The first kappa shape index (κ1) is 12.9. The molecule has 3 heteroatoms. The molecule has 0 spiro atoms. The number of rotatable bonds is 6. The fraction of sp³-hybridized carbons (Fsp3) is 0.929. The summed E-state index contributed by atoms with van der Waals surface area (Å²) in [6.45, 7) is 7.57. The summed E-state index contributed by atoms with van der Waals surface area (Å²) in [6, 6.07) is 0.0844. The maximum atomic E-state index is 12.4. The molecule has 17 heavy (non-hydrogen) atoms. The Balaban J connectivity index is 1.97. The van der Waals surface area contributed by atoms with Crippen molar-refractivity contribution in [3.8, 4) is 0 Å². The summed E-state index contributed by atoms with van der Waals surface area (Å²) in [5.74, 6) is 1.64. The van der Waals surface area contributed by atoms with Crippen LogP contribution in [0, 0.1) is 11.8 Å². The Kier molecular flexibility index (Phi) is 4.08. The molecule has 2 fully saturated rings. The standard InChI is InChI=1S/C14H26N2O/c1-4-5-6-12-14(17)16(9-11-7-8-11)13(15-12)10(2)3/h10-13,15H,4-9H2,1-3H3. The van der Waals surface area contributed by atoms with Crippen molar-refractivity contribution in [1.29, 1.82) is 0 Å². The Bertz CT molecular complexity index is 273. The molecule has 1 heterocycles. The van der Waals surface area contributed by atoms with Crippen molar-refractivity contribution in [3.05, 3.63) is 0 Å². The second-order valence-corrected chi connectivity index (χ2v) is 5.98. The average molecular weight is 238 g/mol. The van der Waals surface area contributed by atoms with Gasteiger partial charge in [0.05, 0.1) is 12.2 Å². The van der Waals surface area contributed by atoms with Crippen LogP contribution in [-0.2, 0) is 4.79 Å². The summed E-state index contributed by atoms with van der Waals surface area (Å²) in [6.07, 6.45) is 6.21. The van der Waals surface area contributed by atoms with Gasteiger partial charge in [-0.15, -0.1) is 0 Å². The zero-order valence-electron chi connectivity index (χ0n) is 11.4. The average Bonchev–Trinajstić information content (AvgIpc) is 3.04. The van der Waals surface area contributed by atoms with Gasteiger partial charge in [0.2, 0.25) is 5.91 Å². The fourth-order valence-corrected chi connectivity index (χ4v) is 2.65. The molecule has 2 unspecified atom stereocenters. The van der Waals surface area contributed by atoms with Gasteiger partial charge in [-0.05, 0) is 31.1 Å². The molecule has 1 saturated carbocycles. The van der Waals surface area contributed by atoms with E-state index in [0.29, 0.717) is 11.8 Å². The zero-order chi connectivity index (χ0) is 12.4. The molecule has 1 saturated heterocycles. The molecule has 3 nitrogen and oxygen atoms in total. The van der Waals surface area contributed by atoms with Gasteiger partial charge in [0.25, 0.3) is 0 Å². The van der Waals surface area contributed by atoms with Gasteiger partial charge in [0, 0.05) is 6.54 Å². The van der Waals surface area contributed by atoms with Crippen molar-refractivity contribution in [2.24, 2.45) is 11.8 Å². The lowest BCUT2D eigenvalue weighted by Crippen LogP contribution is -2.42. The van der Waals surface area contributed by atoms with Crippen LogP contribution < -0.4 is 5.32 Å². The summed E-state index contributed by atoms with van der Waals surface area (Å²) in [5, 5.41) is 3.53. The molecule has 1 aliphatic heterocycles. The number of carbonyl (C=O) groups is 1. The molecule has 1 aliphatic carbocycles. The van der Waals surface area contributed by atoms with Gasteiger partial charge >= 0.3 is 0 Å². The minimum Gasteiger partial charge on any atom is -0.325 e. The van der Waals surface area contributed by atoms with Gasteiger partial charge in [-0.2, -0.15) is 0 Å². The van der Waals surface area contributed by atoms with Crippen LogP contribution in [0.5, 0.6) is 0 Å². The van der Waals surface area contributed by atoms with Crippen LogP contribution in [-0.4, -0.2) is 29.6 Å². The smallest absolute Gasteiger partial charge is 0.241 e. The first-order valence-electron chi connectivity index (χ1n) is 7.20. The molecule has 1 amide bonds. The first-order valence-corrected chi connectivity index (χ1v) is 7.20. The molecule has 2 aliphatic rings. The number of hydrogen-bond donors (Lipinski definition) is 1. The minimum atomic E-state index is 0.0844. The van der Waals surface area contributed by atoms with E-state index in [-0.39, 0.29) is 12.2 Å². The first-order chi connectivity index (χ1) is 8.13. The van der Waals surface area contributed by atoms with Gasteiger partial charge in [0.1, 0.15) is 0 Å². The summed E-state index contributed by atoms with van der Waals surface area (Å²) in [7, 11) is 0. The highest BCUT2D eigenvalue weighted by molar-refractivity contribution is 5.84. The van der Waals surface area contributed by atoms with E-state index in [1.54, 1.807) is 0 Å². The molecule has 1 N–H and O–H groups in total. The molecule has 0 bridgehead atoms. The maximum Gasteiger partial charge on any atom is 0.241 e. The summed E-state index contributed by atoms with van der Waals surface area (Å²) < 4.78 is 0. The van der Waals surface area contributed by atoms with Crippen LogP contribution >= 0.6 is 0 Å². The molecule has 0 aromatic carbocycles. The molecular formula is C14H26N2O. The molecule has 2 rings (SSSR count). The van der Waals surface area contributed by atoms with Crippen molar-refractivity contribution in [2.75, 3.05) is 6.54 Å². The molecule has 0 aromatic rings. The van der Waals surface area contributed by atoms with Gasteiger partial charge in [-0.1, -0.05) is 33.6 Å². The maximum absolute atomic E-state index is 12.4. The van der Waals surface area contributed by atoms with E-state index >= 15 is 0 Å². The van der Waals surface area contributed by atoms with Crippen LogP contribution in [0.1, 0.15) is 52.9 Å². The Morgan fingerprint density at radius 3 is 2.65 bits per heavy atom. The highest BCUT2D eigenvalue weighted by Crippen LogP contribution is 2.32. The van der Waals surface area contributed by atoms with Crippen molar-refractivity contribution in [1.82, 2.24) is 10.2 Å². The SMILES string of the molecule is CCCCC1NC(C(C)C)N(CC2CC2)C1=O. The van der Waals surface area contributed by atoms with Crippen molar-refractivity contribution < 1.29 is 4.79 Å². The molecule has 0 radical (unpaired) electrons. The lowest BCUT2D eigenvalue weighted by molar-refractivity contribution is -0.130. The highest BCUT2D eigenvalue weighted by atomic mass is 16.2. The quantitative estimate of drug-likeness (QED) is 0.770. The molecule has 98 valence electrons. The summed E-state index contributed by atoms with van der Waals surface area (Å²) in [4.78, 5) is 14.5. The van der Waals surface area contributed by atoms with E-state index in [2.05, 4.69) is 31.0 Å². The van der Waals surface area contributed by atoms with Crippen LogP contribution in [0.25, 0.3) is 0 Å². The fourth-order valence-electron chi connectivity index (χ4n) is 2.65. The monoisotopic (exact) mass is 238 g/mol. The Morgan fingerprint density at radius 1 is 1.41 bits per heavy atom. The van der Waals surface area contributed by atoms with E-state index in [1.807, 2.05) is 0 Å². The second-order valence-electron chi connectivity index (χ2n) is 5.98. The van der Waals surface area contributed by atoms with E-state index in [4.69, 9.17) is 0 Å². The zero-order valence-corrected chi connectivity index (χ0v) is 11.4. The number of nitrogens with one attached hydrogen (secondary N) is 1. The third-order valence-corrected chi connectivity index (χ3v) is 3.92. The predicted octanol–water partition coefficient (Wildman–Crippen LogP) is 2.37. The number of unbranched alkanes of at least 4 members (excludes halogenated alkanes) is 1. The van der Waals surface area contributed by atoms with Crippen LogP contribution in [0.4, 0.5) is 0 Å². The van der Waals surface area contributed by atoms with Gasteiger partial charge in [-0.3, -0.25) is 10.1 Å². The minimum absolute atomic E-state index is 0.0844. The van der Waals surface area contributed by atoms with Crippen LogP contribution in [0.2, 0.25) is 0 Å². The molecule has 2 atom stereocenters. The number of nitrogens with zero attached hydrogens (tertiary/aromatic N) is 1. The van der Waals surface area contributed by atoms with Crippen molar-refractivity contribution >= 4 is 5.91 Å². The predicted molar refractivity (Wildman–Crippen MR) is 69.5 cm³/mol. The largest absolute Gasteiger partial charge is 0.325 e. The summed E-state index contributed by atoms with van der Waals surface area (Å²) in [5.41, 5.74) is 0. The second kappa shape index (κ2) is 5.38. The van der Waals surface area contributed by atoms with E-state index in [1.165, 1.54) is 19.3 Å². The van der Waals surface area contributed by atoms with E-state index in [0.717, 1.165) is 25.3 Å². The van der Waals surface area contributed by atoms with E-state index in [9.17, 15) is 4.79 Å². The van der Waals surface area contributed by atoms with Crippen molar-refractivity contribution in [3.63, 3.8) is 0 Å². The Morgan fingerprint density at radius 2 is 2.12 bits per heavy atom. The number of carbonyl (C=O) groups excluding carboxylic acids is 1. The van der Waals surface area contributed by atoms with Crippen molar-refractivity contribution in [2.45, 2.75) is 65.1 Å². The third-order valence-electron chi connectivity index (χ3n) is 3.92. The Hall–Kier alpha value is -0.570. The van der Waals surface area contributed by atoms with Gasteiger partial charge < -0.3 is 4.90 Å². The lowest BCUT2D eigenvalue weighted by Gasteiger charge is -2.27. The van der Waals surface area contributed by atoms with Crippen LogP contribution in [0.3, 0.4) is 0 Å². The molecular weight excluding hydrogens is 212 g/mol. The van der Waals surface area contributed by atoms with Crippen LogP contribution in [0.15, 0.2) is 0 Å². The summed E-state index contributed by atoms with van der Waals surface area (Å²) >= 11 is 0. The normalized spacial score (nSPS) is 29.4. The van der Waals surface area contributed by atoms with Gasteiger partial charge in [0.15, 0.2) is 0 Å². The number of hydrogen-bond acceptors (Lipinski definition) is 2. The highest BCUT2D eigenvalue weighted by Gasteiger charge is 2.41. The van der Waals surface area contributed by atoms with Gasteiger partial charge in [-0.25, -0.2) is 0 Å².